The van der Waals surface area contributed by atoms with Crippen LogP contribution in [0.1, 0.15) is 123 Å². The van der Waals surface area contributed by atoms with Crippen LogP contribution in [-0.2, 0) is 62.1 Å². The van der Waals surface area contributed by atoms with Crippen LogP contribution in [-0.4, -0.2) is 147 Å². The van der Waals surface area contributed by atoms with E-state index in [2.05, 4.69) is 21.3 Å². The van der Waals surface area contributed by atoms with Gasteiger partial charge in [-0.3, -0.25) is 38.4 Å². The van der Waals surface area contributed by atoms with Crippen LogP contribution in [0, 0.1) is 17.8 Å². The largest absolute Gasteiger partial charge is 0.481 e. The first-order valence-corrected chi connectivity index (χ1v) is 22.2. The molecule has 0 saturated heterocycles. The zero-order valence-electron chi connectivity index (χ0n) is 37.6. The monoisotopic (exact) mass is 903 g/mol. The first-order chi connectivity index (χ1) is 30.1. The van der Waals surface area contributed by atoms with Gasteiger partial charge in [-0.25, -0.2) is 4.79 Å². The topological polar surface area (TPSA) is 299 Å². The summed E-state index contributed by atoms with van der Waals surface area (Å²) in [5.41, 5.74) is 0. The molecule has 4 amide bonds. The third-order valence-corrected chi connectivity index (χ3v) is 9.99. The molecule has 2 atom stereocenters. The van der Waals surface area contributed by atoms with Gasteiger partial charge in [0.15, 0.2) is 5.78 Å². The predicted octanol–water partition coefficient (Wildman–Crippen LogP) is 2.43. The molecule has 63 heavy (non-hydrogen) atoms. The Morgan fingerprint density at radius 3 is 1.90 bits per heavy atom. The fourth-order valence-corrected chi connectivity index (χ4v) is 6.33. The minimum atomic E-state index is -1.10. The number of carbonyl (C=O) groups is 9. The summed E-state index contributed by atoms with van der Waals surface area (Å²) in [5.74, 6) is -5.07. The zero-order valence-corrected chi connectivity index (χ0v) is 37.6. The Morgan fingerprint density at radius 2 is 1.27 bits per heavy atom. The van der Waals surface area contributed by atoms with Gasteiger partial charge in [-0.1, -0.05) is 13.8 Å². The highest BCUT2D eigenvalue weighted by Gasteiger charge is 2.30. The first kappa shape index (κ1) is 58.5. The maximum Gasteiger partial charge on any atom is 0.326 e. The van der Waals surface area contributed by atoms with Crippen molar-refractivity contribution in [1.82, 2.24) is 21.3 Å². The van der Waals surface area contributed by atoms with Gasteiger partial charge in [-0.15, -0.1) is 0 Å². The predicted molar refractivity (Wildman–Crippen MR) is 229 cm³/mol. The smallest absolute Gasteiger partial charge is 0.326 e. The summed E-state index contributed by atoms with van der Waals surface area (Å²) in [6.45, 7) is 6.63. The molecule has 7 N–H and O–H groups in total. The minimum Gasteiger partial charge on any atom is -0.481 e. The minimum absolute atomic E-state index is 0.000872. The highest BCUT2D eigenvalue weighted by atomic mass is 16.5. The number of carboxylic acids is 3. The Morgan fingerprint density at radius 1 is 0.603 bits per heavy atom. The van der Waals surface area contributed by atoms with Crippen LogP contribution in [0.2, 0.25) is 0 Å². The SMILES string of the molecule is CCCOCC(=O)NC(CCCCNC(=O)CC)C(=O)O.COCCCC(=O)COCCOCCNC(=O)CCC(CC(=O)C1CCC(CNC(=O)CCCC(=O)O)CC1)C(=O)O. The molecule has 0 radical (unpaired) electrons. The number of nitrogens with one attached hydrogen (secondary N) is 4. The molecule has 1 saturated carbocycles. The average Bonchev–Trinajstić information content (AvgIpc) is 3.24. The van der Waals surface area contributed by atoms with Gasteiger partial charge in [0.1, 0.15) is 25.0 Å². The van der Waals surface area contributed by atoms with E-state index in [-0.39, 0.29) is 113 Å². The second kappa shape index (κ2) is 38.0. The second-order valence-electron chi connectivity index (χ2n) is 15.4. The van der Waals surface area contributed by atoms with Crippen LogP contribution in [0.5, 0.6) is 0 Å². The maximum atomic E-state index is 12.8. The number of methoxy groups -OCH3 is 1. The number of Topliss-reactive ketones (excluding diaryl/α,β-unsaturated/α-hetero) is 2. The number of hydrogen-bond acceptors (Lipinski definition) is 13. The summed E-state index contributed by atoms with van der Waals surface area (Å²) in [6.07, 6.45) is 7.00. The molecule has 20 heteroatoms. The van der Waals surface area contributed by atoms with Gasteiger partial charge in [0.05, 0.1) is 25.7 Å². The fraction of sp³-hybridized carbons (Fsp3) is 0.791. The normalized spacial score (nSPS) is 15.4. The van der Waals surface area contributed by atoms with E-state index in [1.807, 2.05) is 6.92 Å². The molecule has 0 aromatic rings. The van der Waals surface area contributed by atoms with Gasteiger partial charge in [-0.05, 0) is 76.5 Å². The molecule has 1 rings (SSSR count). The Kier molecular flexibility index (Phi) is 35.2. The summed E-state index contributed by atoms with van der Waals surface area (Å²) in [6, 6.07) is -0.912. The van der Waals surface area contributed by atoms with E-state index in [0.29, 0.717) is 84.1 Å². The van der Waals surface area contributed by atoms with Gasteiger partial charge in [0.25, 0.3) is 0 Å². The molecule has 1 fully saturated rings. The van der Waals surface area contributed by atoms with E-state index in [0.717, 1.165) is 19.3 Å². The van der Waals surface area contributed by atoms with Gasteiger partial charge in [-0.2, -0.15) is 0 Å². The number of amides is 4. The number of ketones is 2. The van der Waals surface area contributed by atoms with Crippen molar-refractivity contribution in [3.05, 3.63) is 0 Å². The number of hydrogen-bond donors (Lipinski definition) is 7. The Bertz CT molecular complexity index is 1370. The molecule has 0 heterocycles. The summed E-state index contributed by atoms with van der Waals surface area (Å²) in [5, 5.41) is 37.9. The molecule has 0 bridgehead atoms. The lowest BCUT2D eigenvalue weighted by Crippen LogP contribution is -2.42. The van der Waals surface area contributed by atoms with E-state index in [4.69, 9.17) is 29.2 Å². The molecule has 2 unspecified atom stereocenters. The first-order valence-electron chi connectivity index (χ1n) is 22.2. The number of carbonyl (C=O) groups excluding carboxylic acids is 6. The van der Waals surface area contributed by atoms with Gasteiger partial charge in [0.2, 0.25) is 23.6 Å². The molecule has 0 aromatic heterocycles. The number of ether oxygens (including phenoxy) is 4. The molecular weight excluding hydrogens is 828 g/mol. The maximum absolute atomic E-state index is 12.8. The standard InChI is InChI=1S/C29H48N2O11.C14H26N2O5/c1-40-14-3-4-24(32)20-42-17-16-41-15-13-30-27(35)12-11-23(29(38)39)18-25(33)22-9-7-21(8-10-22)19-31-26(34)5-2-6-28(36)37;1-3-9-21-10-13(18)16-11(14(19)20)7-5-6-8-15-12(17)4-2/h21-23H,2-20H2,1H3,(H,30,35)(H,31,34)(H,36,37)(H,38,39);11H,3-10H2,1-2H3,(H,15,17)(H,16,18)(H,19,20). The van der Waals surface area contributed by atoms with Crippen molar-refractivity contribution < 1.29 is 77.4 Å². The van der Waals surface area contributed by atoms with Crippen molar-refractivity contribution in [2.75, 3.05) is 73.0 Å². The molecule has 0 aromatic carbocycles. The summed E-state index contributed by atoms with van der Waals surface area (Å²) >= 11 is 0. The molecule has 1 aliphatic rings. The highest BCUT2D eigenvalue weighted by molar-refractivity contribution is 5.86. The second-order valence-corrected chi connectivity index (χ2v) is 15.4. The Hall–Kier alpha value is -4.53. The summed E-state index contributed by atoms with van der Waals surface area (Å²) in [4.78, 5) is 104. The van der Waals surface area contributed by atoms with Gasteiger partial charge < -0.3 is 55.5 Å². The van der Waals surface area contributed by atoms with Gasteiger partial charge in [0, 0.05) is 84.4 Å². The number of rotatable bonds is 37. The van der Waals surface area contributed by atoms with Crippen LogP contribution < -0.4 is 21.3 Å². The number of aliphatic carboxylic acids is 3. The van der Waals surface area contributed by atoms with E-state index < -0.39 is 35.8 Å². The number of carboxylic acid groups (broad SMARTS) is 3. The van der Waals surface area contributed by atoms with E-state index in [1.54, 1.807) is 14.0 Å². The van der Waals surface area contributed by atoms with Crippen molar-refractivity contribution >= 4 is 53.1 Å². The molecule has 0 spiro atoms. The average molecular weight is 903 g/mol. The molecule has 362 valence electrons. The van der Waals surface area contributed by atoms with Crippen molar-refractivity contribution in [3.63, 3.8) is 0 Å². The van der Waals surface area contributed by atoms with Gasteiger partial charge >= 0.3 is 17.9 Å². The van der Waals surface area contributed by atoms with E-state index in [1.165, 1.54) is 0 Å². The third-order valence-electron chi connectivity index (χ3n) is 9.99. The number of unbranched alkanes of at least 4 members (excludes halogenated alkanes) is 1. The van der Waals surface area contributed by atoms with Crippen LogP contribution in [0.15, 0.2) is 0 Å². The lowest BCUT2D eigenvalue weighted by Gasteiger charge is -2.28. The van der Waals surface area contributed by atoms with Crippen molar-refractivity contribution in [2.45, 2.75) is 129 Å². The van der Waals surface area contributed by atoms with Crippen LogP contribution in [0.3, 0.4) is 0 Å². The fourth-order valence-electron chi connectivity index (χ4n) is 6.33. The summed E-state index contributed by atoms with van der Waals surface area (Å²) in [7, 11) is 1.58. The molecule has 20 nitrogen and oxygen atoms in total. The Labute approximate surface area is 371 Å². The quantitative estimate of drug-likeness (QED) is 0.0441. The van der Waals surface area contributed by atoms with Crippen molar-refractivity contribution in [2.24, 2.45) is 17.8 Å². The highest BCUT2D eigenvalue weighted by Crippen LogP contribution is 2.31. The molecular formula is C43H74N4O16. The zero-order chi connectivity index (χ0) is 47.3. The summed E-state index contributed by atoms with van der Waals surface area (Å²) < 4.78 is 20.5. The molecule has 0 aliphatic heterocycles. The van der Waals surface area contributed by atoms with Crippen LogP contribution in [0.4, 0.5) is 0 Å². The lowest BCUT2D eigenvalue weighted by atomic mass is 9.78. The van der Waals surface area contributed by atoms with Crippen LogP contribution >= 0.6 is 0 Å². The van der Waals surface area contributed by atoms with Crippen molar-refractivity contribution in [3.8, 4) is 0 Å². The van der Waals surface area contributed by atoms with Crippen molar-refractivity contribution in [1.29, 1.82) is 0 Å². The van der Waals surface area contributed by atoms with E-state index in [9.17, 15) is 48.3 Å². The molecule has 1 aliphatic carbocycles. The van der Waals surface area contributed by atoms with E-state index >= 15 is 0 Å². The Balaban J connectivity index is 0.00000154. The lowest BCUT2D eigenvalue weighted by molar-refractivity contribution is -0.145. The van der Waals surface area contributed by atoms with Crippen LogP contribution in [0.25, 0.3) is 0 Å². The third kappa shape index (κ3) is 33.7.